The van der Waals surface area contributed by atoms with Crippen LogP contribution in [0.2, 0.25) is 0 Å². The molecule has 200 valence electrons. The largest absolute Gasteiger partial charge is 0.441 e. The Labute approximate surface area is 224 Å². The minimum atomic E-state index is -1.34. The lowest BCUT2D eigenvalue weighted by atomic mass is 9.99. The zero-order valence-corrected chi connectivity index (χ0v) is 22.5. The molecule has 0 radical (unpaired) electrons. The van der Waals surface area contributed by atoms with Crippen molar-refractivity contribution in [3.63, 3.8) is 0 Å². The lowest BCUT2D eigenvalue weighted by Crippen LogP contribution is -2.20. The second-order valence-corrected chi connectivity index (χ2v) is 9.59. The summed E-state index contributed by atoms with van der Waals surface area (Å²) in [7, 11) is 0. The number of benzene rings is 3. The average molecular weight is 516 g/mol. The Kier molecular flexibility index (Phi) is 9.32. The maximum atomic E-state index is 13.3. The Morgan fingerprint density at radius 3 is 2.05 bits per heavy atom. The number of hydrogen-bond donors (Lipinski definition) is 1. The molecule has 1 N–H and O–H groups in total. The molecule has 4 aromatic rings. The number of hydrogen-bond acceptors (Lipinski definition) is 5. The highest BCUT2D eigenvalue weighted by atomic mass is 16.8. The number of aromatic nitrogens is 1. The lowest BCUT2D eigenvalue weighted by molar-refractivity contribution is -0.216. The molecule has 1 unspecified atom stereocenters. The van der Waals surface area contributed by atoms with E-state index in [4.69, 9.17) is 9.47 Å². The van der Waals surface area contributed by atoms with Crippen LogP contribution in [0.25, 0.3) is 21.8 Å². The highest BCUT2D eigenvalue weighted by Gasteiger charge is 2.17. The number of rotatable bonds is 14. The van der Waals surface area contributed by atoms with Gasteiger partial charge in [-0.15, -0.1) is 0 Å². The number of Topliss-reactive ketones (excluding diaryl/α,β-unsaturated/α-hetero) is 1. The number of aliphatic hydroxyl groups excluding tert-OH is 1. The van der Waals surface area contributed by atoms with Gasteiger partial charge in [-0.1, -0.05) is 33.1 Å². The highest BCUT2D eigenvalue weighted by Crippen LogP contribution is 2.32. The summed E-state index contributed by atoms with van der Waals surface area (Å²) in [6, 6.07) is 18.3. The first-order valence-electron chi connectivity index (χ1n) is 13.7. The summed E-state index contributed by atoms with van der Waals surface area (Å²) in [5, 5.41) is 11.7. The van der Waals surface area contributed by atoms with Gasteiger partial charge >= 0.3 is 6.48 Å². The summed E-state index contributed by atoms with van der Waals surface area (Å²) in [6.07, 6.45) is 5.61. The van der Waals surface area contributed by atoms with Crippen molar-refractivity contribution < 1.29 is 24.2 Å². The fraction of sp³-hybridized carbons (Fsp3) is 0.375. The predicted molar refractivity (Wildman–Crippen MR) is 151 cm³/mol. The van der Waals surface area contributed by atoms with Gasteiger partial charge in [-0.05, 0) is 80.4 Å². The minimum Gasteiger partial charge on any atom is -0.441 e. The van der Waals surface area contributed by atoms with Crippen LogP contribution >= 0.6 is 0 Å². The van der Waals surface area contributed by atoms with E-state index in [-0.39, 0.29) is 11.6 Å². The topological polar surface area (TPSA) is 77.8 Å². The van der Waals surface area contributed by atoms with Crippen LogP contribution in [0.1, 0.15) is 85.6 Å². The number of aryl methyl sites for hydroxylation is 1. The number of aliphatic hydroxyl groups is 1. The number of unbranched alkanes of at least 4 members (excludes halogenated alkanes) is 3. The summed E-state index contributed by atoms with van der Waals surface area (Å²) in [5.41, 5.74) is 3.91. The first-order chi connectivity index (χ1) is 18.5. The third-order valence-corrected chi connectivity index (χ3v) is 6.84. The minimum absolute atomic E-state index is 0.109. The monoisotopic (exact) mass is 515 g/mol. The van der Waals surface area contributed by atoms with E-state index in [9.17, 15) is 14.7 Å². The van der Waals surface area contributed by atoms with Crippen LogP contribution in [0, 0.1) is 0 Å². The van der Waals surface area contributed by atoms with E-state index in [1.807, 2.05) is 43.3 Å². The SMILES string of the molecule is CCCCCCC(=O)c1ccc2c(c1)c1cc(C(=O)c3ccc(OC(O)OCCC)cc3)ccc1n2CC. The number of nitrogens with zero attached hydrogens (tertiary/aromatic N) is 1. The van der Waals surface area contributed by atoms with E-state index < -0.39 is 6.48 Å². The maximum Gasteiger partial charge on any atom is 0.313 e. The molecule has 0 bridgehead atoms. The molecule has 0 fully saturated rings. The summed E-state index contributed by atoms with van der Waals surface area (Å²) < 4.78 is 12.7. The van der Waals surface area contributed by atoms with Crippen molar-refractivity contribution in [1.82, 2.24) is 4.57 Å². The Morgan fingerprint density at radius 1 is 0.789 bits per heavy atom. The van der Waals surface area contributed by atoms with E-state index in [2.05, 4.69) is 18.4 Å². The number of ketones is 2. The zero-order valence-electron chi connectivity index (χ0n) is 22.5. The molecule has 0 aliphatic carbocycles. The molecule has 6 heteroatoms. The van der Waals surface area contributed by atoms with Crippen LogP contribution in [0.15, 0.2) is 60.7 Å². The molecular weight excluding hydrogens is 478 g/mol. The standard InChI is InChI=1S/C32H37NO5/c1-4-7-8-9-10-30(34)23-13-17-28-26(20-23)27-21-24(14-18-29(27)33(28)6-3)31(35)22-11-15-25(16-12-22)38-32(36)37-19-5-2/h11-18,20-21,32,36H,4-10,19H2,1-3H3. The summed E-state index contributed by atoms with van der Waals surface area (Å²) in [5.74, 6) is 0.473. The van der Waals surface area contributed by atoms with Gasteiger partial charge in [0.05, 0.1) is 6.61 Å². The number of fused-ring (bicyclic) bond motifs is 3. The fourth-order valence-corrected chi connectivity index (χ4v) is 4.84. The van der Waals surface area contributed by atoms with Gasteiger partial charge in [0.1, 0.15) is 5.75 Å². The van der Waals surface area contributed by atoms with Gasteiger partial charge in [0, 0.05) is 51.5 Å². The molecule has 0 spiro atoms. The van der Waals surface area contributed by atoms with Crippen LogP contribution in [-0.4, -0.2) is 34.3 Å². The normalized spacial score (nSPS) is 12.2. The molecule has 1 atom stereocenters. The van der Waals surface area contributed by atoms with Crippen LogP contribution in [0.3, 0.4) is 0 Å². The van der Waals surface area contributed by atoms with E-state index in [0.29, 0.717) is 29.9 Å². The molecule has 0 aliphatic rings. The van der Waals surface area contributed by atoms with Crippen LogP contribution in [0.4, 0.5) is 0 Å². The van der Waals surface area contributed by atoms with Gasteiger partial charge in [0.25, 0.3) is 0 Å². The van der Waals surface area contributed by atoms with E-state index in [1.54, 1.807) is 24.3 Å². The van der Waals surface area contributed by atoms with Gasteiger partial charge < -0.3 is 19.1 Å². The van der Waals surface area contributed by atoms with Crippen molar-refractivity contribution in [1.29, 1.82) is 0 Å². The molecule has 1 heterocycles. The predicted octanol–water partition coefficient (Wildman–Crippen LogP) is 7.28. The van der Waals surface area contributed by atoms with Crippen LogP contribution < -0.4 is 4.74 Å². The molecule has 4 rings (SSSR count). The second-order valence-electron chi connectivity index (χ2n) is 9.59. The van der Waals surface area contributed by atoms with Gasteiger partial charge in [-0.25, -0.2) is 0 Å². The quantitative estimate of drug-likeness (QED) is 0.108. The molecule has 38 heavy (non-hydrogen) atoms. The van der Waals surface area contributed by atoms with Crippen molar-refractivity contribution in [3.8, 4) is 5.75 Å². The van der Waals surface area contributed by atoms with Crippen molar-refractivity contribution in [3.05, 3.63) is 77.4 Å². The van der Waals surface area contributed by atoms with E-state index >= 15 is 0 Å². The second kappa shape index (κ2) is 12.9. The molecular formula is C32H37NO5. The summed E-state index contributed by atoms with van der Waals surface area (Å²) in [4.78, 5) is 26.2. The number of carbonyl (C=O) groups excluding carboxylic acids is 2. The van der Waals surface area contributed by atoms with Crippen molar-refractivity contribution >= 4 is 33.4 Å². The first-order valence-corrected chi connectivity index (χ1v) is 13.7. The maximum absolute atomic E-state index is 13.3. The Morgan fingerprint density at radius 2 is 1.42 bits per heavy atom. The van der Waals surface area contributed by atoms with E-state index in [1.165, 1.54) is 0 Å². The third-order valence-electron chi connectivity index (χ3n) is 6.84. The van der Waals surface area contributed by atoms with Crippen molar-refractivity contribution in [2.24, 2.45) is 0 Å². The van der Waals surface area contributed by atoms with Gasteiger partial charge in [0.15, 0.2) is 11.6 Å². The molecule has 0 amide bonds. The highest BCUT2D eigenvalue weighted by molar-refractivity contribution is 6.15. The molecule has 3 aromatic carbocycles. The number of carbonyl (C=O) groups is 2. The van der Waals surface area contributed by atoms with Gasteiger partial charge in [-0.3, -0.25) is 9.59 Å². The lowest BCUT2D eigenvalue weighted by Gasteiger charge is -2.13. The number of ether oxygens (including phenoxy) is 2. The van der Waals surface area contributed by atoms with Gasteiger partial charge in [0.2, 0.25) is 0 Å². The first kappa shape index (κ1) is 27.6. The van der Waals surface area contributed by atoms with E-state index in [0.717, 1.165) is 66.0 Å². The smallest absolute Gasteiger partial charge is 0.313 e. The van der Waals surface area contributed by atoms with Crippen molar-refractivity contribution in [2.45, 2.75) is 72.3 Å². The Bertz CT molecular complexity index is 1400. The Balaban J connectivity index is 1.61. The van der Waals surface area contributed by atoms with Crippen LogP contribution in [-0.2, 0) is 11.3 Å². The average Bonchev–Trinajstić information content (AvgIpc) is 3.26. The Hall–Kier alpha value is -3.48. The zero-order chi connectivity index (χ0) is 27.1. The molecule has 1 aromatic heterocycles. The molecule has 0 saturated carbocycles. The molecule has 0 aliphatic heterocycles. The molecule has 0 saturated heterocycles. The summed E-state index contributed by atoms with van der Waals surface area (Å²) in [6.45, 7) is 6.04. The molecule has 6 nitrogen and oxygen atoms in total. The summed E-state index contributed by atoms with van der Waals surface area (Å²) >= 11 is 0. The third kappa shape index (κ3) is 6.14. The van der Waals surface area contributed by atoms with Crippen molar-refractivity contribution in [2.75, 3.05) is 6.61 Å². The van der Waals surface area contributed by atoms with Crippen LogP contribution in [0.5, 0.6) is 5.75 Å². The van der Waals surface area contributed by atoms with Gasteiger partial charge in [-0.2, -0.15) is 0 Å². The fourth-order valence-electron chi connectivity index (χ4n) is 4.84.